The van der Waals surface area contributed by atoms with E-state index < -0.39 is 0 Å². The SMILES string of the molecule is C.COc1ccc(-c2cc(OCC(C)C)cc(=O)[nH]2)cc1OC.COc1ccc(C2CC(OCC(C)C)=CC(=O)N2)cc1OC.[2H][2H]. The molecule has 4 rings (SSSR count). The van der Waals surface area contributed by atoms with E-state index >= 15 is 0 Å². The molecule has 0 bridgehead atoms. The molecule has 0 spiro atoms. The van der Waals surface area contributed by atoms with E-state index in [1.165, 1.54) is 12.1 Å². The van der Waals surface area contributed by atoms with Crippen LogP contribution < -0.4 is 34.6 Å². The van der Waals surface area contributed by atoms with Gasteiger partial charge in [0.2, 0.25) is 5.91 Å². The molecule has 0 saturated heterocycles. The Balaban J connectivity index is 0.000000438. The summed E-state index contributed by atoms with van der Waals surface area (Å²) in [6.45, 7) is 9.45. The molecule has 1 unspecified atom stereocenters. The molecule has 1 atom stereocenters. The topological polar surface area (TPSA) is 117 Å². The van der Waals surface area contributed by atoms with Crippen molar-refractivity contribution < 1.29 is 36.2 Å². The molecule has 0 saturated carbocycles. The van der Waals surface area contributed by atoms with Crippen molar-refractivity contribution in [2.24, 2.45) is 11.8 Å². The van der Waals surface area contributed by atoms with Gasteiger partial charge in [0.05, 0.1) is 53.4 Å². The standard InChI is InChI=1S/C17H23NO4.C17H21NO4.CH4.H2/c2*1-11(2)10-22-13-8-14(18-17(19)9-13)12-5-6-15(20-3)16(7-12)21-4;;/h5-7,9,11,14H,8,10H2,1-4H3,(H,18,19);5-9,11H,10H2,1-4H3,(H,18,19);1H4;1H/i;;;1+1D. The van der Waals surface area contributed by atoms with E-state index in [0.717, 1.165) is 16.9 Å². The first kappa shape index (κ1) is 34.9. The second-order valence-electron chi connectivity index (χ2n) is 11.1. The van der Waals surface area contributed by atoms with Gasteiger partial charge in [0.15, 0.2) is 23.0 Å². The lowest BCUT2D eigenvalue weighted by molar-refractivity contribution is -0.118. The lowest BCUT2D eigenvalue weighted by Crippen LogP contribution is -2.32. The number of H-pyrrole nitrogens is 1. The molecule has 3 aromatic rings. The van der Waals surface area contributed by atoms with Gasteiger partial charge in [-0.15, -0.1) is 0 Å². The van der Waals surface area contributed by atoms with Gasteiger partial charge in [-0.25, -0.2) is 0 Å². The number of aromatic amines is 1. The zero-order valence-corrected chi connectivity index (χ0v) is 26.8. The highest BCUT2D eigenvalue weighted by Gasteiger charge is 2.23. The number of benzene rings is 2. The Labute approximate surface area is 269 Å². The fourth-order valence-electron chi connectivity index (χ4n) is 4.34. The molecular weight excluding hydrogens is 576 g/mol. The van der Waals surface area contributed by atoms with E-state index in [-0.39, 0.29) is 24.9 Å². The Morgan fingerprint density at radius 1 is 0.778 bits per heavy atom. The van der Waals surface area contributed by atoms with E-state index in [1.807, 2.05) is 36.4 Å². The fourth-order valence-corrected chi connectivity index (χ4v) is 4.34. The summed E-state index contributed by atoms with van der Waals surface area (Å²) in [5.41, 5.74) is 2.26. The number of pyridine rings is 1. The molecule has 45 heavy (non-hydrogen) atoms. The molecule has 0 radical (unpaired) electrons. The molecule has 0 fully saturated rings. The predicted octanol–water partition coefficient (Wildman–Crippen LogP) is 6.80. The Kier molecular flexibility index (Phi) is 13.7. The molecule has 0 aliphatic carbocycles. The zero-order chi connectivity index (χ0) is 34.2. The number of carbonyl (C=O) groups excluding carboxylic acids is 1. The van der Waals surface area contributed by atoms with Crippen LogP contribution in [0.3, 0.4) is 0 Å². The third kappa shape index (κ3) is 10.8. The summed E-state index contributed by atoms with van der Waals surface area (Å²) in [6.07, 6.45) is 2.16. The number of carbonyl (C=O) groups is 1. The summed E-state index contributed by atoms with van der Waals surface area (Å²) in [4.78, 5) is 26.5. The van der Waals surface area contributed by atoms with Crippen LogP contribution >= 0.6 is 0 Å². The molecule has 1 amide bonds. The molecule has 2 aromatic carbocycles. The van der Waals surface area contributed by atoms with E-state index in [0.29, 0.717) is 65.9 Å². The van der Waals surface area contributed by atoms with E-state index in [9.17, 15) is 9.59 Å². The third-order valence-electron chi connectivity index (χ3n) is 6.52. The quantitative estimate of drug-likeness (QED) is 0.225. The van der Waals surface area contributed by atoms with E-state index in [2.05, 4.69) is 38.0 Å². The minimum Gasteiger partial charge on any atom is -0.497 e. The van der Waals surface area contributed by atoms with Crippen molar-refractivity contribution in [1.29, 1.82) is 0 Å². The summed E-state index contributed by atoms with van der Waals surface area (Å²) in [5, 5.41) is 2.95. The van der Waals surface area contributed by atoms with Crippen molar-refractivity contribution in [3.05, 3.63) is 76.3 Å². The summed E-state index contributed by atoms with van der Waals surface area (Å²) in [5.74, 6) is 4.52. The van der Waals surface area contributed by atoms with Crippen LogP contribution in [0.4, 0.5) is 0 Å². The van der Waals surface area contributed by atoms with Gasteiger partial charge in [0, 0.05) is 33.2 Å². The van der Waals surface area contributed by atoms with Crippen molar-refractivity contribution in [2.75, 3.05) is 41.7 Å². The number of hydrogen-bond acceptors (Lipinski definition) is 8. The van der Waals surface area contributed by atoms with Crippen LogP contribution in [0.5, 0.6) is 28.7 Å². The van der Waals surface area contributed by atoms with Gasteiger partial charge in [-0.1, -0.05) is 41.2 Å². The highest BCUT2D eigenvalue weighted by Crippen LogP contribution is 2.34. The summed E-state index contributed by atoms with van der Waals surface area (Å²) < 4.78 is 42.4. The van der Waals surface area contributed by atoms with Crippen molar-refractivity contribution >= 4 is 5.91 Å². The number of ether oxygens (including phenoxy) is 6. The first-order chi connectivity index (χ1) is 22.1. The highest BCUT2D eigenvalue weighted by atomic mass is 16.5. The van der Waals surface area contributed by atoms with Crippen LogP contribution in [-0.2, 0) is 9.53 Å². The predicted molar refractivity (Wildman–Crippen MR) is 179 cm³/mol. The second kappa shape index (κ2) is 17.6. The minimum absolute atomic E-state index is 0. The molecule has 248 valence electrons. The van der Waals surface area contributed by atoms with E-state index in [1.54, 1.807) is 34.5 Å². The van der Waals surface area contributed by atoms with Crippen molar-refractivity contribution in [3.8, 4) is 40.0 Å². The second-order valence-corrected chi connectivity index (χ2v) is 11.1. The first-order valence-electron chi connectivity index (χ1n) is 15.5. The molecule has 1 aliphatic rings. The highest BCUT2D eigenvalue weighted by molar-refractivity contribution is 5.89. The van der Waals surface area contributed by atoms with Gasteiger partial charge in [0.1, 0.15) is 11.5 Å². The molecule has 10 nitrogen and oxygen atoms in total. The maximum atomic E-state index is 11.9. The van der Waals surface area contributed by atoms with Crippen LogP contribution in [0.15, 0.2) is 65.2 Å². The van der Waals surface area contributed by atoms with Gasteiger partial charge in [0.25, 0.3) is 5.56 Å². The number of hydrogen-bond donors (Lipinski definition) is 2. The Hall–Kier alpha value is -4.60. The number of amides is 1. The maximum Gasteiger partial charge on any atom is 0.252 e. The Bertz CT molecular complexity index is 1490. The maximum absolute atomic E-state index is 11.9. The molecule has 2 N–H and O–H groups in total. The van der Waals surface area contributed by atoms with Gasteiger partial charge >= 0.3 is 0 Å². The number of rotatable bonds is 12. The van der Waals surface area contributed by atoms with Crippen molar-refractivity contribution in [1.82, 2.24) is 10.3 Å². The average Bonchev–Trinajstić information content (AvgIpc) is 3.06. The fraction of sp³-hybridized carbons (Fsp3) is 0.429. The number of nitrogens with one attached hydrogen (secondary N) is 2. The van der Waals surface area contributed by atoms with Crippen molar-refractivity contribution in [3.63, 3.8) is 0 Å². The van der Waals surface area contributed by atoms with Gasteiger partial charge in [-0.2, -0.15) is 0 Å². The minimum atomic E-state index is -0.203. The summed E-state index contributed by atoms with van der Waals surface area (Å²) in [7, 11) is 6.35. The van der Waals surface area contributed by atoms with Gasteiger partial charge in [-0.05, 0) is 47.7 Å². The molecule has 1 aromatic heterocycles. The Morgan fingerprint density at radius 2 is 1.36 bits per heavy atom. The largest absolute Gasteiger partial charge is 0.497 e. The number of methoxy groups -OCH3 is 4. The van der Waals surface area contributed by atoms with Gasteiger partial charge < -0.3 is 38.7 Å². The first-order valence-corrected chi connectivity index (χ1v) is 14.5. The molecule has 1 aliphatic heterocycles. The lowest BCUT2D eigenvalue weighted by Gasteiger charge is -2.25. The molecule has 2 heterocycles. The molecule has 10 heteroatoms. The normalized spacial score (nSPS) is 14.0. The average molecular weight is 629 g/mol. The smallest absolute Gasteiger partial charge is 0.252 e. The third-order valence-corrected chi connectivity index (χ3v) is 6.52. The summed E-state index contributed by atoms with van der Waals surface area (Å²) in [6, 6.07) is 14.3. The van der Waals surface area contributed by atoms with Gasteiger partial charge in [-0.3, -0.25) is 9.59 Å². The zero-order valence-electron chi connectivity index (χ0n) is 28.8. The van der Waals surface area contributed by atoms with Crippen LogP contribution in [0.1, 0.15) is 56.1 Å². The van der Waals surface area contributed by atoms with E-state index in [4.69, 9.17) is 31.4 Å². The Morgan fingerprint density at radius 3 is 1.96 bits per heavy atom. The summed E-state index contributed by atoms with van der Waals surface area (Å²) >= 11 is 0. The monoisotopic (exact) mass is 628 g/mol. The van der Waals surface area contributed by atoms with Crippen LogP contribution in [-0.4, -0.2) is 52.5 Å². The number of aromatic nitrogens is 1. The van der Waals surface area contributed by atoms with Crippen LogP contribution in [0.25, 0.3) is 11.3 Å². The molecular formula is C35H50N2O8. The van der Waals surface area contributed by atoms with Crippen LogP contribution in [0, 0.1) is 11.8 Å². The van der Waals surface area contributed by atoms with Crippen molar-refractivity contribution in [2.45, 2.75) is 47.6 Å². The van der Waals surface area contributed by atoms with Crippen LogP contribution in [0.2, 0.25) is 0 Å². The lowest BCUT2D eigenvalue weighted by atomic mass is 9.99.